The summed E-state index contributed by atoms with van der Waals surface area (Å²) >= 11 is 0. The number of aryl methyl sites for hydroxylation is 1. The molecule has 0 spiro atoms. The standard InChI is InChI=1S/C34H42F4O3/c1-3-40-29-19-18-28(32(37)33(29)38)23-9-5-21(6-10-23)22-7-11-25(12-8-22)34(39)41-26-15-13-24(14-16-26)27-17-4-20(2)30(35)31(27)36/h4,17-19,21-26H,3,5-16H2,1-2H3. The molecule has 224 valence electrons. The van der Waals surface area contributed by atoms with Crippen molar-refractivity contribution in [1.29, 1.82) is 0 Å². The van der Waals surface area contributed by atoms with Crippen LogP contribution < -0.4 is 4.74 Å². The van der Waals surface area contributed by atoms with E-state index in [-0.39, 0.29) is 35.6 Å². The van der Waals surface area contributed by atoms with Gasteiger partial charge in [0, 0.05) is 0 Å². The maximum absolute atomic E-state index is 14.7. The predicted molar refractivity (Wildman–Crippen MR) is 150 cm³/mol. The summed E-state index contributed by atoms with van der Waals surface area (Å²) in [6.07, 6.45) is 9.86. The van der Waals surface area contributed by atoms with Crippen LogP contribution in [0.4, 0.5) is 17.6 Å². The molecule has 0 aliphatic heterocycles. The molecule has 0 unspecified atom stereocenters. The highest BCUT2D eigenvalue weighted by Crippen LogP contribution is 2.45. The predicted octanol–water partition coefficient (Wildman–Crippen LogP) is 9.30. The van der Waals surface area contributed by atoms with E-state index in [9.17, 15) is 22.4 Å². The average molecular weight is 575 g/mol. The number of hydrogen-bond donors (Lipinski definition) is 0. The zero-order valence-corrected chi connectivity index (χ0v) is 24.2. The maximum atomic E-state index is 14.7. The SMILES string of the molecule is CCOc1ccc(C2CCC(C3CCC(C(=O)OC4CCC(c5ccc(C)c(F)c5F)CC4)CC3)CC2)c(F)c1F. The first kappa shape index (κ1) is 29.9. The van der Waals surface area contributed by atoms with E-state index >= 15 is 0 Å². The van der Waals surface area contributed by atoms with Gasteiger partial charge in [-0.3, -0.25) is 4.79 Å². The van der Waals surface area contributed by atoms with Crippen molar-refractivity contribution in [2.45, 2.75) is 109 Å². The van der Waals surface area contributed by atoms with Gasteiger partial charge in [-0.05, 0) is 137 Å². The molecule has 5 rings (SSSR count). The van der Waals surface area contributed by atoms with Gasteiger partial charge in [0.2, 0.25) is 5.82 Å². The van der Waals surface area contributed by atoms with Gasteiger partial charge in [-0.2, -0.15) is 4.39 Å². The van der Waals surface area contributed by atoms with Crippen molar-refractivity contribution in [2.75, 3.05) is 6.61 Å². The van der Waals surface area contributed by atoms with Crippen molar-refractivity contribution in [2.24, 2.45) is 17.8 Å². The van der Waals surface area contributed by atoms with E-state index in [1.807, 2.05) is 0 Å². The molecule has 3 aliphatic rings. The van der Waals surface area contributed by atoms with Gasteiger partial charge in [0.05, 0.1) is 12.5 Å². The fraction of sp³-hybridized carbons (Fsp3) is 0.618. The number of ether oxygens (including phenoxy) is 2. The van der Waals surface area contributed by atoms with Crippen LogP contribution >= 0.6 is 0 Å². The summed E-state index contributed by atoms with van der Waals surface area (Å²) in [6.45, 7) is 3.60. The minimum absolute atomic E-state index is 0.0272. The highest BCUT2D eigenvalue weighted by atomic mass is 19.2. The molecular weight excluding hydrogens is 532 g/mol. The third-order valence-electron chi connectivity index (χ3n) is 10.1. The van der Waals surface area contributed by atoms with Gasteiger partial charge < -0.3 is 9.47 Å². The van der Waals surface area contributed by atoms with E-state index < -0.39 is 23.3 Å². The van der Waals surface area contributed by atoms with Crippen molar-refractivity contribution in [3.63, 3.8) is 0 Å². The molecule has 0 atom stereocenters. The van der Waals surface area contributed by atoms with E-state index in [0.717, 1.165) is 51.4 Å². The Bertz CT molecular complexity index is 1210. The molecule has 0 amide bonds. The number of halogens is 4. The molecule has 3 saturated carbocycles. The van der Waals surface area contributed by atoms with Crippen LogP contribution in [0.3, 0.4) is 0 Å². The Hall–Kier alpha value is -2.57. The molecule has 7 heteroatoms. The molecule has 0 heterocycles. The van der Waals surface area contributed by atoms with Gasteiger partial charge in [0.1, 0.15) is 6.10 Å². The highest BCUT2D eigenvalue weighted by Gasteiger charge is 2.36. The van der Waals surface area contributed by atoms with Gasteiger partial charge in [0.25, 0.3) is 0 Å². The van der Waals surface area contributed by atoms with Crippen molar-refractivity contribution < 1.29 is 31.8 Å². The third kappa shape index (κ3) is 6.59. The first-order valence-electron chi connectivity index (χ1n) is 15.5. The summed E-state index contributed by atoms with van der Waals surface area (Å²) in [5.41, 5.74) is 1.20. The van der Waals surface area contributed by atoms with Crippen LogP contribution in [0.25, 0.3) is 0 Å². The van der Waals surface area contributed by atoms with E-state index in [0.29, 0.717) is 60.8 Å². The minimum Gasteiger partial charge on any atom is -0.491 e. The Balaban J connectivity index is 1.05. The van der Waals surface area contributed by atoms with Crippen LogP contribution in [0.1, 0.15) is 112 Å². The normalized spacial score (nSPS) is 28.7. The Kier molecular flexibility index (Phi) is 9.60. The van der Waals surface area contributed by atoms with Crippen LogP contribution in [0.5, 0.6) is 5.75 Å². The molecule has 0 N–H and O–H groups in total. The van der Waals surface area contributed by atoms with Crippen LogP contribution in [0.2, 0.25) is 0 Å². The van der Waals surface area contributed by atoms with Gasteiger partial charge in [-0.25, -0.2) is 13.2 Å². The highest BCUT2D eigenvalue weighted by molar-refractivity contribution is 5.72. The van der Waals surface area contributed by atoms with Crippen molar-refractivity contribution in [3.05, 3.63) is 64.2 Å². The van der Waals surface area contributed by atoms with Crippen LogP contribution in [-0.2, 0) is 9.53 Å². The number of esters is 1. The zero-order chi connectivity index (χ0) is 29.1. The number of benzene rings is 2. The van der Waals surface area contributed by atoms with Gasteiger partial charge in [0.15, 0.2) is 23.2 Å². The fourth-order valence-corrected chi connectivity index (χ4v) is 7.59. The van der Waals surface area contributed by atoms with Crippen LogP contribution in [0, 0.1) is 47.9 Å². The second kappa shape index (κ2) is 13.2. The van der Waals surface area contributed by atoms with Crippen molar-refractivity contribution in [3.8, 4) is 5.75 Å². The lowest BCUT2D eigenvalue weighted by Crippen LogP contribution is -2.32. The molecule has 0 bridgehead atoms. The second-order valence-corrected chi connectivity index (χ2v) is 12.4. The summed E-state index contributed by atoms with van der Waals surface area (Å²) in [4.78, 5) is 13.0. The molecule has 3 fully saturated rings. The Morgan fingerprint density at radius 3 is 1.78 bits per heavy atom. The first-order chi connectivity index (χ1) is 19.8. The number of rotatable bonds is 7. The molecule has 0 saturated heterocycles. The third-order valence-corrected chi connectivity index (χ3v) is 10.1. The summed E-state index contributed by atoms with van der Waals surface area (Å²) in [5, 5.41) is 0. The molecule has 41 heavy (non-hydrogen) atoms. The molecule has 3 nitrogen and oxygen atoms in total. The van der Waals surface area contributed by atoms with Gasteiger partial charge in [-0.1, -0.05) is 18.2 Å². The molecule has 0 radical (unpaired) electrons. The number of carbonyl (C=O) groups excluding carboxylic acids is 1. The van der Waals surface area contributed by atoms with E-state index in [2.05, 4.69) is 0 Å². The number of carbonyl (C=O) groups is 1. The summed E-state index contributed by atoms with van der Waals surface area (Å²) < 4.78 is 68.6. The molecule has 2 aromatic rings. The maximum Gasteiger partial charge on any atom is 0.309 e. The monoisotopic (exact) mass is 574 g/mol. The lowest BCUT2D eigenvalue weighted by molar-refractivity contribution is -0.157. The molecule has 0 aromatic heterocycles. The lowest BCUT2D eigenvalue weighted by atomic mass is 9.68. The largest absolute Gasteiger partial charge is 0.491 e. The van der Waals surface area contributed by atoms with Gasteiger partial charge in [-0.15, -0.1) is 0 Å². The average Bonchev–Trinajstić information content (AvgIpc) is 2.99. The Morgan fingerprint density at radius 2 is 1.20 bits per heavy atom. The summed E-state index contributed by atoms with van der Waals surface area (Å²) in [6, 6.07) is 6.54. The first-order valence-corrected chi connectivity index (χ1v) is 15.5. The van der Waals surface area contributed by atoms with Crippen molar-refractivity contribution in [1.82, 2.24) is 0 Å². The van der Waals surface area contributed by atoms with E-state index in [1.165, 1.54) is 0 Å². The van der Waals surface area contributed by atoms with Crippen molar-refractivity contribution >= 4 is 5.97 Å². The smallest absolute Gasteiger partial charge is 0.309 e. The van der Waals surface area contributed by atoms with E-state index in [4.69, 9.17) is 9.47 Å². The Labute approximate surface area is 241 Å². The number of hydrogen-bond acceptors (Lipinski definition) is 3. The quantitative estimate of drug-likeness (QED) is 0.244. The van der Waals surface area contributed by atoms with E-state index in [1.54, 1.807) is 38.1 Å². The minimum atomic E-state index is -0.889. The Morgan fingerprint density at radius 1 is 0.683 bits per heavy atom. The zero-order valence-electron chi connectivity index (χ0n) is 24.2. The molecule has 2 aromatic carbocycles. The fourth-order valence-electron chi connectivity index (χ4n) is 7.59. The molecular formula is C34H42F4O3. The van der Waals surface area contributed by atoms with Crippen LogP contribution in [-0.4, -0.2) is 18.7 Å². The topological polar surface area (TPSA) is 35.5 Å². The lowest BCUT2D eigenvalue weighted by Gasteiger charge is -2.38. The summed E-state index contributed by atoms with van der Waals surface area (Å²) in [5.74, 6) is -2.30. The van der Waals surface area contributed by atoms with Gasteiger partial charge >= 0.3 is 5.97 Å². The molecule has 3 aliphatic carbocycles. The van der Waals surface area contributed by atoms with Crippen LogP contribution in [0.15, 0.2) is 24.3 Å². The summed E-state index contributed by atoms with van der Waals surface area (Å²) in [7, 11) is 0. The second-order valence-electron chi connectivity index (χ2n) is 12.4.